The molecule has 1 heterocycles. The summed E-state index contributed by atoms with van der Waals surface area (Å²) in [5, 5.41) is 18.0. The highest BCUT2D eigenvalue weighted by molar-refractivity contribution is 8.00. The molecule has 1 aliphatic rings. The van der Waals surface area contributed by atoms with E-state index < -0.39 is 5.25 Å². The van der Waals surface area contributed by atoms with Gasteiger partial charge in [0.05, 0.1) is 23.3 Å². The first-order chi connectivity index (χ1) is 16.6. The summed E-state index contributed by atoms with van der Waals surface area (Å²) in [4.78, 5) is 15.1. The Hall–Kier alpha value is -3.18. The van der Waals surface area contributed by atoms with E-state index in [1.54, 1.807) is 23.1 Å². The third-order valence-electron chi connectivity index (χ3n) is 6.13. The molecule has 1 unspecified atom stereocenters. The van der Waals surface area contributed by atoms with E-state index in [2.05, 4.69) is 16.3 Å². The normalized spacial score (nSPS) is 15.0. The van der Waals surface area contributed by atoms with Crippen LogP contribution in [-0.2, 0) is 4.79 Å². The predicted molar refractivity (Wildman–Crippen MR) is 132 cm³/mol. The van der Waals surface area contributed by atoms with Crippen molar-refractivity contribution in [3.8, 4) is 17.5 Å². The molecule has 2 aromatic carbocycles. The second-order valence-electron chi connectivity index (χ2n) is 8.44. The van der Waals surface area contributed by atoms with Gasteiger partial charge in [-0.25, -0.2) is 4.39 Å². The van der Waals surface area contributed by atoms with Gasteiger partial charge >= 0.3 is 0 Å². The van der Waals surface area contributed by atoms with Gasteiger partial charge in [0.2, 0.25) is 5.91 Å². The fourth-order valence-electron chi connectivity index (χ4n) is 4.42. The van der Waals surface area contributed by atoms with E-state index in [1.165, 1.54) is 24.2 Å². The van der Waals surface area contributed by atoms with Crippen molar-refractivity contribution in [2.24, 2.45) is 0 Å². The first-order valence-electron chi connectivity index (χ1n) is 11.7. The van der Waals surface area contributed by atoms with Gasteiger partial charge in [-0.15, -0.1) is 10.2 Å². The van der Waals surface area contributed by atoms with Crippen LogP contribution in [0.4, 0.5) is 10.1 Å². The third kappa shape index (κ3) is 5.31. The first kappa shape index (κ1) is 24.0. The van der Waals surface area contributed by atoms with Crippen molar-refractivity contribution < 1.29 is 9.18 Å². The van der Waals surface area contributed by atoms with Crippen molar-refractivity contribution in [3.63, 3.8) is 0 Å². The molecule has 176 valence electrons. The number of aromatic nitrogens is 3. The number of hydrogen-bond donors (Lipinski definition) is 0. The highest BCUT2D eigenvalue weighted by Gasteiger charge is 2.29. The Bertz CT molecular complexity index is 1150. The van der Waals surface area contributed by atoms with Crippen LogP contribution in [0, 0.1) is 17.1 Å². The Kier molecular flexibility index (Phi) is 7.96. The van der Waals surface area contributed by atoms with Crippen molar-refractivity contribution in [2.75, 3.05) is 11.4 Å². The molecule has 1 saturated carbocycles. The average Bonchev–Trinajstić information content (AvgIpc) is 3.28. The van der Waals surface area contributed by atoms with Gasteiger partial charge in [0.15, 0.2) is 11.0 Å². The lowest BCUT2D eigenvalue weighted by molar-refractivity contribution is -0.117. The largest absolute Gasteiger partial charge is 0.310 e. The zero-order chi connectivity index (χ0) is 23.9. The number of para-hydroxylation sites is 1. The van der Waals surface area contributed by atoms with E-state index in [9.17, 15) is 9.18 Å². The number of nitriles is 1. The Morgan fingerprint density at radius 1 is 1.15 bits per heavy atom. The summed E-state index contributed by atoms with van der Waals surface area (Å²) in [6, 6.07) is 18.3. The summed E-state index contributed by atoms with van der Waals surface area (Å²) >= 11 is 1.34. The molecule has 0 spiro atoms. The number of carbonyl (C=O) groups is 1. The molecule has 0 aliphatic heterocycles. The standard InChI is InChI=1S/C26H28FN5OS/c1-19(25(33)31(18-10-17-28)20-11-4-2-5-12-20)34-26-30-29-24(22-15-8-9-16-23(22)27)32(26)21-13-6-3-7-14-21/h2,4-5,8-9,11-12,15-16,19,21H,3,6-7,10,13-14,18H2,1H3. The van der Waals surface area contributed by atoms with Gasteiger partial charge in [0.25, 0.3) is 0 Å². The zero-order valence-corrected chi connectivity index (χ0v) is 20.0. The van der Waals surface area contributed by atoms with Crippen LogP contribution in [0.5, 0.6) is 0 Å². The SMILES string of the molecule is CC(Sc1nnc(-c2ccccc2F)n1C1CCCCC1)C(=O)N(CCC#N)c1ccccc1. The zero-order valence-electron chi connectivity index (χ0n) is 19.2. The molecule has 1 aliphatic carbocycles. The van der Waals surface area contributed by atoms with Gasteiger partial charge in [-0.2, -0.15) is 5.26 Å². The second kappa shape index (κ2) is 11.3. The summed E-state index contributed by atoms with van der Waals surface area (Å²) in [5.74, 6) is 0.0769. The Labute approximate surface area is 203 Å². The highest BCUT2D eigenvalue weighted by Crippen LogP contribution is 2.37. The molecular formula is C26H28FN5OS. The van der Waals surface area contributed by atoms with Crippen molar-refractivity contribution in [1.82, 2.24) is 14.8 Å². The molecule has 6 nitrogen and oxygen atoms in total. The number of anilines is 1. The predicted octanol–water partition coefficient (Wildman–Crippen LogP) is 6.02. The molecular weight excluding hydrogens is 449 g/mol. The van der Waals surface area contributed by atoms with Crippen molar-refractivity contribution in [1.29, 1.82) is 5.26 Å². The summed E-state index contributed by atoms with van der Waals surface area (Å²) in [6.45, 7) is 2.16. The van der Waals surface area contributed by atoms with Crippen LogP contribution >= 0.6 is 11.8 Å². The summed E-state index contributed by atoms with van der Waals surface area (Å²) < 4.78 is 16.7. The number of nitrogens with zero attached hydrogens (tertiary/aromatic N) is 5. The number of hydrogen-bond acceptors (Lipinski definition) is 5. The smallest absolute Gasteiger partial charge is 0.240 e. The maximum Gasteiger partial charge on any atom is 0.240 e. The lowest BCUT2D eigenvalue weighted by Crippen LogP contribution is -2.37. The first-order valence-corrected chi connectivity index (χ1v) is 12.6. The van der Waals surface area contributed by atoms with Gasteiger partial charge in [-0.1, -0.05) is 61.4 Å². The molecule has 0 bridgehead atoms. The van der Waals surface area contributed by atoms with Crippen LogP contribution in [0.3, 0.4) is 0 Å². The van der Waals surface area contributed by atoms with Crippen LogP contribution in [0.15, 0.2) is 59.8 Å². The van der Waals surface area contributed by atoms with E-state index in [0.29, 0.717) is 23.1 Å². The summed E-state index contributed by atoms with van der Waals surface area (Å²) in [5.41, 5.74) is 1.18. The molecule has 0 N–H and O–H groups in total. The molecule has 4 rings (SSSR count). The minimum absolute atomic E-state index is 0.0999. The average molecular weight is 478 g/mol. The highest BCUT2D eigenvalue weighted by atomic mass is 32.2. The molecule has 1 amide bonds. The second-order valence-corrected chi connectivity index (χ2v) is 9.75. The van der Waals surface area contributed by atoms with E-state index in [1.807, 2.05) is 41.8 Å². The van der Waals surface area contributed by atoms with Crippen LogP contribution in [-0.4, -0.2) is 32.5 Å². The maximum absolute atomic E-state index is 14.7. The van der Waals surface area contributed by atoms with E-state index in [0.717, 1.165) is 31.4 Å². The summed E-state index contributed by atoms with van der Waals surface area (Å²) in [6.07, 6.45) is 5.60. The van der Waals surface area contributed by atoms with Crippen LogP contribution < -0.4 is 4.90 Å². The monoisotopic (exact) mass is 477 g/mol. The third-order valence-corrected chi connectivity index (χ3v) is 7.17. The Balaban J connectivity index is 1.64. The lowest BCUT2D eigenvalue weighted by Gasteiger charge is -2.27. The van der Waals surface area contributed by atoms with Crippen LogP contribution in [0.2, 0.25) is 0 Å². The quantitative estimate of drug-likeness (QED) is 0.371. The van der Waals surface area contributed by atoms with Gasteiger partial charge in [0.1, 0.15) is 5.82 Å². The fraction of sp³-hybridized carbons (Fsp3) is 0.385. The number of thioether (sulfide) groups is 1. The van der Waals surface area contributed by atoms with Gasteiger partial charge in [-0.05, 0) is 44.0 Å². The molecule has 3 aromatic rings. The number of benzene rings is 2. The van der Waals surface area contributed by atoms with Gasteiger partial charge in [-0.3, -0.25) is 9.36 Å². The van der Waals surface area contributed by atoms with Gasteiger partial charge < -0.3 is 4.90 Å². The number of rotatable bonds is 8. The molecule has 0 radical (unpaired) electrons. The number of halogens is 1. The Morgan fingerprint density at radius 2 is 1.85 bits per heavy atom. The van der Waals surface area contributed by atoms with Crippen LogP contribution in [0.25, 0.3) is 11.4 Å². The minimum atomic E-state index is -0.459. The van der Waals surface area contributed by atoms with E-state index in [4.69, 9.17) is 5.26 Å². The van der Waals surface area contributed by atoms with Gasteiger partial charge in [0, 0.05) is 18.3 Å². The van der Waals surface area contributed by atoms with Crippen molar-refractivity contribution in [3.05, 3.63) is 60.4 Å². The van der Waals surface area contributed by atoms with Crippen LogP contribution in [0.1, 0.15) is 51.5 Å². The molecule has 8 heteroatoms. The molecule has 34 heavy (non-hydrogen) atoms. The molecule has 0 saturated heterocycles. The summed E-state index contributed by atoms with van der Waals surface area (Å²) in [7, 11) is 0. The topological polar surface area (TPSA) is 74.8 Å². The van der Waals surface area contributed by atoms with Crippen molar-refractivity contribution >= 4 is 23.4 Å². The number of carbonyl (C=O) groups excluding carboxylic acids is 1. The maximum atomic E-state index is 14.7. The molecule has 1 aromatic heterocycles. The molecule has 1 atom stereocenters. The van der Waals surface area contributed by atoms with Crippen molar-refractivity contribution in [2.45, 2.75) is 61.9 Å². The molecule has 1 fully saturated rings. The van der Waals surface area contributed by atoms with E-state index >= 15 is 0 Å². The van der Waals surface area contributed by atoms with E-state index in [-0.39, 0.29) is 24.2 Å². The fourth-order valence-corrected chi connectivity index (χ4v) is 5.40. The lowest BCUT2D eigenvalue weighted by atomic mass is 9.95. The number of amides is 1. The Morgan fingerprint density at radius 3 is 2.56 bits per heavy atom. The minimum Gasteiger partial charge on any atom is -0.310 e.